The topological polar surface area (TPSA) is 32.3 Å². The van der Waals surface area contributed by atoms with Crippen LogP contribution < -0.4 is 5.32 Å². The third kappa shape index (κ3) is 2.59. The highest BCUT2D eigenvalue weighted by molar-refractivity contribution is 5.87. The highest BCUT2D eigenvalue weighted by atomic mass is 16.1. The van der Waals surface area contributed by atoms with Crippen molar-refractivity contribution in [1.29, 1.82) is 0 Å². The fourth-order valence-electron chi connectivity index (χ4n) is 2.17. The minimum Gasteiger partial charge on any atom is -0.376 e. The molecule has 1 atom stereocenters. The van der Waals surface area contributed by atoms with Gasteiger partial charge in [0.15, 0.2) is 5.78 Å². The van der Waals surface area contributed by atoms with Gasteiger partial charge in [0.2, 0.25) is 0 Å². The summed E-state index contributed by atoms with van der Waals surface area (Å²) in [6.45, 7) is 13.5. The zero-order chi connectivity index (χ0) is 11.6. The van der Waals surface area contributed by atoms with Crippen molar-refractivity contribution in [2.24, 2.45) is 0 Å². The van der Waals surface area contributed by atoms with Gasteiger partial charge in [-0.2, -0.15) is 0 Å². The standard InChI is InChI=1S/C12H22N2O/c1-9(2)13-12(11(5)15)6-7-14(8-12)10(3)4/h10,13H,1,6-8H2,2-5H3. The third-order valence-electron chi connectivity index (χ3n) is 3.16. The molecule has 0 spiro atoms. The van der Waals surface area contributed by atoms with Crippen LogP contribution in [0, 0.1) is 0 Å². The molecular weight excluding hydrogens is 188 g/mol. The fourth-order valence-corrected chi connectivity index (χ4v) is 2.17. The third-order valence-corrected chi connectivity index (χ3v) is 3.16. The minimum atomic E-state index is -0.393. The average molecular weight is 210 g/mol. The van der Waals surface area contributed by atoms with E-state index in [1.54, 1.807) is 6.92 Å². The normalized spacial score (nSPS) is 27.0. The van der Waals surface area contributed by atoms with Gasteiger partial charge in [-0.15, -0.1) is 0 Å². The predicted octanol–water partition coefficient (Wildman–Crippen LogP) is 1.55. The molecule has 1 fully saturated rings. The number of Topliss-reactive ketones (excluding diaryl/α,β-unsaturated/α-hetero) is 1. The summed E-state index contributed by atoms with van der Waals surface area (Å²) in [4.78, 5) is 14.1. The van der Waals surface area contributed by atoms with Gasteiger partial charge in [-0.25, -0.2) is 0 Å². The number of likely N-dealkylation sites (tertiary alicyclic amines) is 1. The summed E-state index contributed by atoms with van der Waals surface area (Å²) in [6.07, 6.45) is 0.882. The Kier molecular flexibility index (Phi) is 3.55. The lowest BCUT2D eigenvalue weighted by Gasteiger charge is -2.30. The van der Waals surface area contributed by atoms with Gasteiger partial charge < -0.3 is 5.32 Å². The van der Waals surface area contributed by atoms with Crippen LogP contribution in [-0.4, -0.2) is 35.4 Å². The lowest BCUT2D eigenvalue weighted by Crippen LogP contribution is -2.52. The van der Waals surface area contributed by atoms with Gasteiger partial charge in [-0.05, 0) is 34.1 Å². The van der Waals surface area contributed by atoms with Crippen molar-refractivity contribution in [2.75, 3.05) is 13.1 Å². The quantitative estimate of drug-likeness (QED) is 0.764. The summed E-state index contributed by atoms with van der Waals surface area (Å²) < 4.78 is 0. The van der Waals surface area contributed by atoms with Crippen LogP contribution in [0.1, 0.15) is 34.1 Å². The van der Waals surface area contributed by atoms with Crippen LogP contribution >= 0.6 is 0 Å². The van der Waals surface area contributed by atoms with Crippen LogP contribution in [0.3, 0.4) is 0 Å². The Morgan fingerprint density at radius 3 is 2.40 bits per heavy atom. The summed E-state index contributed by atoms with van der Waals surface area (Å²) in [5.74, 6) is 0.216. The first-order valence-corrected chi connectivity index (χ1v) is 5.56. The van der Waals surface area contributed by atoms with Crippen LogP contribution in [0.15, 0.2) is 12.3 Å². The number of carbonyl (C=O) groups is 1. The molecule has 1 heterocycles. The van der Waals surface area contributed by atoms with Gasteiger partial charge in [0.1, 0.15) is 5.54 Å². The molecule has 0 saturated carbocycles. The van der Waals surface area contributed by atoms with Gasteiger partial charge in [0.05, 0.1) is 0 Å². The number of nitrogens with zero attached hydrogens (tertiary/aromatic N) is 1. The molecule has 3 heteroatoms. The second-order valence-electron chi connectivity index (χ2n) is 4.86. The molecule has 0 aromatic rings. The molecule has 0 aromatic carbocycles. The van der Waals surface area contributed by atoms with E-state index in [1.165, 1.54) is 0 Å². The van der Waals surface area contributed by atoms with Crippen LogP contribution in [-0.2, 0) is 4.79 Å². The van der Waals surface area contributed by atoms with Crippen LogP contribution in [0.2, 0.25) is 0 Å². The molecule has 1 rings (SSSR count). The lowest BCUT2D eigenvalue weighted by atomic mass is 9.93. The van der Waals surface area contributed by atoms with Crippen molar-refractivity contribution in [3.8, 4) is 0 Å². The summed E-state index contributed by atoms with van der Waals surface area (Å²) >= 11 is 0. The van der Waals surface area contributed by atoms with Crippen LogP contribution in [0.4, 0.5) is 0 Å². The van der Waals surface area contributed by atoms with Crippen molar-refractivity contribution in [3.63, 3.8) is 0 Å². The molecule has 1 aliphatic heterocycles. The maximum atomic E-state index is 11.7. The summed E-state index contributed by atoms with van der Waals surface area (Å²) in [6, 6.07) is 0.498. The molecule has 0 aromatic heterocycles. The van der Waals surface area contributed by atoms with E-state index in [1.807, 2.05) is 6.92 Å². The molecule has 1 saturated heterocycles. The lowest BCUT2D eigenvalue weighted by molar-refractivity contribution is -0.122. The largest absolute Gasteiger partial charge is 0.376 e. The van der Waals surface area contributed by atoms with Crippen molar-refractivity contribution in [3.05, 3.63) is 12.3 Å². The molecule has 86 valence electrons. The second kappa shape index (κ2) is 4.35. The van der Waals surface area contributed by atoms with Crippen molar-refractivity contribution < 1.29 is 4.79 Å². The molecule has 0 amide bonds. The number of carbonyl (C=O) groups excluding carboxylic acids is 1. The highest BCUT2D eigenvalue weighted by Crippen LogP contribution is 2.25. The zero-order valence-corrected chi connectivity index (χ0v) is 10.3. The van der Waals surface area contributed by atoms with Crippen molar-refractivity contribution in [2.45, 2.75) is 45.7 Å². The molecule has 0 aliphatic carbocycles. The Bertz CT molecular complexity index is 273. The Morgan fingerprint density at radius 2 is 2.07 bits per heavy atom. The van der Waals surface area contributed by atoms with E-state index in [2.05, 4.69) is 30.6 Å². The van der Waals surface area contributed by atoms with E-state index in [0.29, 0.717) is 6.04 Å². The zero-order valence-electron chi connectivity index (χ0n) is 10.3. The molecule has 15 heavy (non-hydrogen) atoms. The highest BCUT2D eigenvalue weighted by Gasteiger charge is 2.42. The van der Waals surface area contributed by atoms with Crippen LogP contribution in [0.5, 0.6) is 0 Å². The number of ketones is 1. The second-order valence-corrected chi connectivity index (χ2v) is 4.86. The molecular formula is C12H22N2O. The van der Waals surface area contributed by atoms with E-state index >= 15 is 0 Å². The number of hydrogen-bond donors (Lipinski definition) is 1. The monoisotopic (exact) mass is 210 g/mol. The molecule has 1 unspecified atom stereocenters. The van der Waals surface area contributed by atoms with Gasteiger partial charge in [0.25, 0.3) is 0 Å². The summed E-state index contributed by atoms with van der Waals surface area (Å²) in [7, 11) is 0. The van der Waals surface area contributed by atoms with Gasteiger partial charge in [0, 0.05) is 24.8 Å². The van der Waals surface area contributed by atoms with E-state index < -0.39 is 5.54 Å². The molecule has 1 N–H and O–H groups in total. The number of rotatable bonds is 4. The minimum absolute atomic E-state index is 0.216. The first-order chi connectivity index (χ1) is 6.87. The Balaban J connectivity index is 2.78. The molecule has 1 aliphatic rings. The number of hydrogen-bond acceptors (Lipinski definition) is 3. The van der Waals surface area contributed by atoms with Crippen LogP contribution in [0.25, 0.3) is 0 Å². The van der Waals surface area contributed by atoms with Crippen molar-refractivity contribution in [1.82, 2.24) is 10.2 Å². The van der Waals surface area contributed by atoms with Gasteiger partial charge in [-0.1, -0.05) is 6.58 Å². The van der Waals surface area contributed by atoms with Crippen molar-refractivity contribution >= 4 is 5.78 Å². The number of nitrogens with one attached hydrogen (secondary N) is 1. The van der Waals surface area contributed by atoms with E-state index in [0.717, 1.165) is 25.2 Å². The smallest absolute Gasteiger partial charge is 0.156 e. The maximum Gasteiger partial charge on any atom is 0.156 e. The predicted molar refractivity (Wildman–Crippen MR) is 62.7 cm³/mol. The Labute approximate surface area is 92.5 Å². The average Bonchev–Trinajstić information content (AvgIpc) is 2.48. The SMILES string of the molecule is C=C(C)NC1(C(C)=O)CCN(C(C)C)C1. The van der Waals surface area contributed by atoms with E-state index in [-0.39, 0.29) is 5.78 Å². The maximum absolute atomic E-state index is 11.7. The Morgan fingerprint density at radius 1 is 1.47 bits per heavy atom. The van der Waals surface area contributed by atoms with Gasteiger partial charge in [-0.3, -0.25) is 9.69 Å². The molecule has 3 nitrogen and oxygen atoms in total. The van der Waals surface area contributed by atoms with Gasteiger partial charge >= 0.3 is 0 Å². The van der Waals surface area contributed by atoms with E-state index in [9.17, 15) is 4.79 Å². The first-order valence-electron chi connectivity index (χ1n) is 5.56. The summed E-state index contributed by atoms with van der Waals surface area (Å²) in [5.41, 5.74) is 0.478. The first kappa shape index (κ1) is 12.2. The van der Waals surface area contributed by atoms with E-state index in [4.69, 9.17) is 0 Å². The number of allylic oxidation sites excluding steroid dienone is 1. The molecule has 0 radical (unpaired) electrons. The summed E-state index contributed by atoms with van der Waals surface area (Å²) in [5, 5.41) is 3.25. The molecule has 0 bridgehead atoms. The fraction of sp³-hybridized carbons (Fsp3) is 0.750. The Hall–Kier alpha value is -0.830.